The van der Waals surface area contributed by atoms with E-state index in [2.05, 4.69) is 56.5 Å². The van der Waals surface area contributed by atoms with Gasteiger partial charge in [0.15, 0.2) is 11.5 Å². The number of hydrogen-bond donors (Lipinski definition) is 2. The third-order valence-electron chi connectivity index (χ3n) is 6.06. The molecular weight excluding hydrogens is 432 g/mol. The second-order valence-corrected chi connectivity index (χ2v) is 9.22. The molecule has 3 atom stereocenters. The van der Waals surface area contributed by atoms with Crippen LogP contribution in [0.4, 0.5) is 11.5 Å². The van der Waals surface area contributed by atoms with Crippen LogP contribution in [0.5, 0.6) is 0 Å². The summed E-state index contributed by atoms with van der Waals surface area (Å²) in [7, 11) is 1.72. The first kappa shape index (κ1) is 27.7. The summed E-state index contributed by atoms with van der Waals surface area (Å²) in [5.41, 5.74) is 3.81. The molecule has 1 aromatic rings. The van der Waals surface area contributed by atoms with Gasteiger partial charge in [0.05, 0.1) is 12.7 Å². The number of aromatic nitrogens is 2. The van der Waals surface area contributed by atoms with Crippen molar-refractivity contribution in [1.29, 1.82) is 0 Å². The summed E-state index contributed by atoms with van der Waals surface area (Å²) in [5.74, 6) is 0.335. The van der Waals surface area contributed by atoms with Crippen molar-refractivity contribution in [1.82, 2.24) is 9.55 Å². The van der Waals surface area contributed by atoms with Crippen molar-refractivity contribution in [3.8, 4) is 0 Å². The molecular formula is C26H40N4O4. The Labute approximate surface area is 203 Å². The highest BCUT2D eigenvalue weighted by Gasteiger charge is 2.36. The van der Waals surface area contributed by atoms with Crippen molar-refractivity contribution in [2.75, 3.05) is 18.6 Å². The van der Waals surface area contributed by atoms with Gasteiger partial charge in [-0.2, -0.15) is 0 Å². The zero-order valence-corrected chi connectivity index (χ0v) is 21.2. The van der Waals surface area contributed by atoms with Crippen LogP contribution < -0.4 is 10.5 Å². The summed E-state index contributed by atoms with van der Waals surface area (Å²) < 4.78 is 7.18. The molecule has 0 bridgehead atoms. The Balaban J connectivity index is 2.01. The van der Waals surface area contributed by atoms with E-state index in [-0.39, 0.29) is 17.9 Å². The standard InChI is InChI=1S/C26H40N4O4/c1-18(2)9-7-10-19(3)11-8-12-20(4)13-14-30-17-28-25(24(27-5)26(30)33)29(6)23-15-21(32)22(16-31)34-23/h9,11,13,17,21-23,31-32H,5,7-8,10,12,14-16H2,1-4,6H3/b19-11+,20-13+. The molecule has 0 amide bonds. The van der Waals surface area contributed by atoms with Crippen molar-refractivity contribution < 1.29 is 14.9 Å². The van der Waals surface area contributed by atoms with Crippen LogP contribution in [0.15, 0.2) is 51.1 Å². The van der Waals surface area contributed by atoms with E-state index in [1.807, 2.05) is 6.08 Å². The maximum atomic E-state index is 13.0. The number of aliphatic hydroxyl groups is 2. The summed E-state index contributed by atoms with van der Waals surface area (Å²) in [6, 6.07) is 0. The fourth-order valence-electron chi connectivity index (χ4n) is 3.85. The van der Waals surface area contributed by atoms with E-state index in [9.17, 15) is 15.0 Å². The minimum Gasteiger partial charge on any atom is -0.394 e. The predicted molar refractivity (Wildman–Crippen MR) is 138 cm³/mol. The van der Waals surface area contributed by atoms with Crippen LogP contribution in [0.2, 0.25) is 0 Å². The van der Waals surface area contributed by atoms with E-state index >= 15 is 0 Å². The van der Waals surface area contributed by atoms with Gasteiger partial charge < -0.3 is 19.8 Å². The van der Waals surface area contributed by atoms with Gasteiger partial charge in [-0.05, 0) is 60.1 Å². The van der Waals surface area contributed by atoms with E-state index in [1.165, 1.54) is 27.6 Å². The third-order valence-corrected chi connectivity index (χ3v) is 6.06. The number of allylic oxidation sites excluding steroid dienone is 6. The fourth-order valence-corrected chi connectivity index (χ4v) is 3.85. The quantitative estimate of drug-likeness (QED) is 0.354. The fraction of sp³-hybridized carbons (Fsp3) is 0.577. The highest BCUT2D eigenvalue weighted by Crippen LogP contribution is 2.29. The van der Waals surface area contributed by atoms with Gasteiger partial charge in [-0.25, -0.2) is 4.98 Å². The SMILES string of the molecule is C=Nc1c(N(C)C2CC(O)C(CO)O2)ncn(C/C=C(\C)CC/C=C(\C)CCC=C(C)C)c1=O. The molecule has 1 aliphatic heterocycles. The Bertz CT molecular complexity index is 976. The molecule has 0 aliphatic carbocycles. The zero-order chi connectivity index (χ0) is 25.3. The van der Waals surface area contributed by atoms with Crippen molar-refractivity contribution in [2.24, 2.45) is 4.99 Å². The Morgan fingerprint density at radius 3 is 2.47 bits per heavy atom. The molecule has 1 aromatic heterocycles. The lowest BCUT2D eigenvalue weighted by Crippen LogP contribution is -2.34. The van der Waals surface area contributed by atoms with Crippen LogP contribution >= 0.6 is 0 Å². The summed E-state index contributed by atoms with van der Waals surface area (Å²) >= 11 is 0. The van der Waals surface area contributed by atoms with E-state index < -0.39 is 18.4 Å². The van der Waals surface area contributed by atoms with Crippen LogP contribution in [0.3, 0.4) is 0 Å². The van der Waals surface area contributed by atoms with Gasteiger partial charge >= 0.3 is 0 Å². The lowest BCUT2D eigenvalue weighted by molar-refractivity contribution is -0.0212. The largest absolute Gasteiger partial charge is 0.394 e. The van der Waals surface area contributed by atoms with E-state index in [0.29, 0.717) is 18.8 Å². The maximum Gasteiger partial charge on any atom is 0.281 e. The first-order valence-corrected chi connectivity index (χ1v) is 11.9. The molecule has 0 aromatic carbocycles. The van der Waals surface area contributed by atoms with E-state index in [4.69, 9.17) is 4.74 Å². The van der Waals surface area contributed by atoms with E-state index in [1.54, 1.807) is 11.9 Å². The molecule has 0 radical (unpaired) electrons. The Kier molecular flexibility index (Phi) is 10.9. The number of ether oxygens (including phenoxy) is 1. The third kappa shape index (κ3) is 7.75. The zero-order valence-electron chi connectivity index (χ0n) is 21.2. The van der Waals surface area contributed by atoms with Crippen LogP contribution in [0, 0.1) is 0 Å². The lowest BCUT2D eigenvalue weighted by atomic mass is 10.1. The minimum atomic E-state index is -0.776. The summed E-state index contributed by atoms with van der Waals surface area (Å²) in [6.07, 6.45) is 10.5. The number of hydrogen-bond acceptors (Lipinski definition) is 7. The average molecular weight is 473 g/mol. The van der Waals surface area contributed by atoms with Gasteiger partial charge in [-0.1, -0.05) is 34.9 Å². The summed E-state index contributed by atoms with van der Waals surface area (Å²) in [6.45, 7) is 12.2. The monoisotopic (exact) mass is 472 g/mol. The van der Waals surface area contributed by atoms with Gasteiger partial charge in [0.1, 0.15) is 18.7 Å². The van der Waals surface area contributed by atoms with Crippen LogP contribution in [-0.2, 0) is 11.3 Å². The van der Waals surface area contributed by atoms with Gasteiger partial charge in [-0.3, -0.25) is 14.4 Å². The maximum absolute atomic E-state index is 13.0. The highest BCUT2D eigenvalue weighted by atomic mass is 16.5. The number of anilines is 1. The molecule has 0 saturated carbocycles. The van der Waals surface area contributed by atoms with Gasteiger partial charge in [0.25, 0.3) is 5.56 Å². The number of aliphatic hydroxyl groups excluding tert-OH is 2. The van der Waals surface area contributed by atoms with Crippen molar-refractivity contribution >= 4 is 18.2 Å². The molecule has 2 heterocycles. The molecule has 34 heavy (non-hydrogen) atoms. The number of rotatable bonds is 12. The molecule has 188 valence electrons. The second kappa shape index (κ2) is 13.4. The Morgan fingerprint density at radius 2 is 1.88 bits per heavy atom. The second-order valence-electron chi connectivity index (χ2n) is 9.22. The average Bonchev–Trinajstić information content (AvgIpc) is 3.17. The normalized spacial score (nSPS) is 21.0. The van der Waals surface area contributed by atoms with Crippen molar-refractivity contribution in [2.45, 2.75) is 84.8 Å². The molecule has 1 aliphatic rings. The van der Waals surface area contributed by atoms with Crippen LogP contribution in [0.1, 0.15) is 59.8 Å². The molecule has 1 saturated heterocycles. The topological polar surface area (TPSA) is 100 Å². The summed E-state index contributed by atoms with van der Waals surface area (Å²) in [4.78, 5) is 23.0. The molecule has 0 spiro atoms. The highest BCUT2D eigenvalue weighted by molar-refractivity contribution is 5.63. The lowest BCUT2D eigenvalue weighted by Gasteiger charge is -2.26. The van der Waals surface area contributed by atoms with Gasteiger partial charge in [-0.15, -0.1) is 0 Å². The van der Waals surface area contributed by atoms with Crippen molar-refractivity contribution in [3.05, 3.63) is 51.6 Å². The molecule has 3 unspecified atom stereocenters. The minimum absolute atomic E-state index is 0.136. The Morgan fingerprint density at radius 1 is 1.24 bits per heavy atom. The van der Waals surface area contributed by atoms with E-state index in [0.717, 1.165) is 25.7 Å². The molecule has 8 nitrogen and oxygen atoms in total. The van der Waals surface area contributed by atoms with Gasteiger partial charge in [0.2, 0.25) is 0 Å². The molecule has 1 fully saturated rings. The molecule has 2 rings (SSSR count). The first-order valence-electron chi connectivity index (χ1n) is 11.9. The number of aliphatic imine (C=N–C) groups is 1. The number of nitrogens with zero attached hydrogens (tertiary/aromatic N) is 4. The first-order chi connectivity index (χ1) is 16.2. The Hall–Kier alpha value is -2.55. The van der Waals surface area contributed by atoms with Gasteiger partial charge in [0, 0.05) is 20.0 Å². The molecule has 2 N–H and O–H groups in total. The predicted octanol–water partition coefficient (Wildman–Crippen LogP) is 3.90. The van der Waals surface area contributed by atoms with Crippen LogP contribution in [0.25, 0.3) is 0 Å². The summed E-state index contributed by atoms with van der Waals surface area (Å²) in [5, 5.41) is 19.3. The van der Waals surface area contributed by atoms with Crippen LogP contribution in [-0.4, -0.2) is 58.6 Å². The molecule has 8 heteroatoms. The van der Waals surface area contributed by atoms with Crippen molar-refractivity contribution in [3.63, 3.8) is 0 Å². The smallest absolute Gasteiger partial charge is 0.281 e.